The molecule has 29 heavy (non-hydrogen) atoms. The Morgan fingerprint density at radius 1 is 1.34 bits per heavy atom. The number of anilines is 1. The van der Waals surface area contributed by atoms with Gasteiger partial charge in [-0.3, -0.25) is 4.21 Å². The van der Waals surface area contributed by atoms with E-state index in [2.05, 4.69) is 10.3 Å². The lowest BCUT2D eigenvalue weighted by atomic mass is 10.0. The molecule has 0 aliphatic heterocycles. The number of aliphatic hydroxyl groups excluding tert-OH is 2. The number of hydrogen-bond acceptors (Lipinski definition) is 8. The Kier molecular flexibility index (Phi) is 5.43. The number of aryl methyl sites for hydroxylation is 1. The maximum Gasteiger partial charge on any atom is 0.163 e. The number of thiazole rings is 1. The molecule has 7 nitrogen and oxygen atoms in total. The largest absolute Gasteiger partial charge is 0.396 e. The lowest BCUT2D eigenvalue weighted by Gasteiger charge is -2.31. The summed E-state index contributed by atoms with van der Waals surface area (Å²) >= 11 is 1.50. The van der Waals surface area contributed by atoms with Crippen molar-refractivity contribution < 1.29 is 19.5 Å². The van der Waals surface area contributed by atoms with Gasteiger partial charge in [-0.1, -0.05) is 12.1 Å². The van der Waals surface area contributed by atoms with E-state index in [1.54, 1.807) is 12.3 Å². The number of pyridine rings is 1. The number of fused-ring (bicyclic) bond motifs is 1. The van der Waals surface area contributed by atoms with Gasteiger partial charge in [-0.15, -0.1) is 11.3 Å². The summed E-state index contributed by atoms with van der Waals surface area (Å²) in [4.78, 5) is 9.20. The van der Waals surface area contributed by atoms with Gasteiger partial charge in [0.1, 0.15) is 22.0 Å². The molecule has 1 aliphatic carbocycles. The van der Waals surface area contributed by atoms with Crippen LogP contribution in [0.2, 0.25) is 0 Å². The highest BCUT2D eigenvalue weighted by atomic mass is 32.2. The van der Waals surface area contributed by atoms with Gasteiger partial charge in [0.15, 0.2) is 5.72 Å². The van der Waals surface area contributed by atoms with Crippen molar-refractivity contribution in [1.29, 1.82) is 0 Å². The Bertz CT molecular complexity index is 1050. The van der Waals surface area contributed by atoms with Crippen LogP contribution in [-0.2, 0) is 10.8 Å². The van der Waals surface area contributed by atoms with Crippen molar-refractivity contribution in [2.45, 2.75) is 36.6 Å². The number of benzene rings is 1. The Morgan fingerprint density at radius 2 is 2.10 bits per heavy atom. The summed E-state index contributed by atoms with van der Waals surface area (Å²) in [6.07, 6.45) is 1.15. The summed E-state index contributed by atoms with van der Waals surface area (Å²) in [6.45, 7) is 1.68. The molecular weight excluding hydrogens is 410 g/mol. The molecule has 2 aromatic heterocycles. The number of aliphatic hydroxyl groups is 3. The second-order valence-electron chi connectivity index (χ2n) is 7.42. The summed E-state index contributed by atoms with van der Waals surface area (Å²) in [5.74, 6) is -0.0858. The first kappa shape index (κ1) is 20.4. The lowest BCUT2D eigenvalue weighted by molar-refractivity contribution is -0.0545. The number of para-hydroxylation sites is 1. The van der Waals surface area contributed by atoms with Crippen LogP contribution in [0, 0.1) is 12.8 Å². The fourth-order valence-electron chi connectivity index (χ4n) is 3.76. The highest BCUT2D eigenvalue weighted by Crippen LogP contribution is 2.41. The molecule has 4 atom stereocenters. The number of nitrogens with one attached hydrogen (secondary N) is 1. The Balaban J connectivity index is 1.84. The highest BCUT2D eigenvalue weighted by molar-refractivity contribution is 7.84. The zero-order chi connectivity index (χ0) is 20.8. The number of nitrogens with zero attached hydrogens (tertiary/aromatic N) is 2. The van der Waals surface area contributed by atoms with Gasteiger partial charge in [0.2, 0.25) is 0 Å². The summed E-state index contributed by atoms with van der Waals surface area (Å²) in [7, 11) is -1.32. The van der Waals surface area contributed by atoms with Crippen molar-refractivity contribution in [3.8, 4) is 10.6 Å². The van der Waals surface area contributed by atoms with Crippen molar-refractivity contribution in [3.05, 3.63) is 35.9 Å². The molecule has 0 radical (unpaired) electrons. The van der Waals surface area contributed by atoms with Gasteiger partial charge in [-0.2, -0.15) is 0 Å². The predicted octanol–water partition coefficient (Wildman–Crippen LogP) is 2.27. The van der Waals surface area contributed by atoms with Crippen molar-refractivity contribution in [2.24, 2.45) is 5.92 Å². The van der Waals surface area contributed by atoms with Crippen LogP contribution >= 0.6 is 11.3 Å². The van der Waals surface area contributed by atoms with E-state index in [1.807, 2.05) is 31.2 Å². The lowest BCUT2D eigenvalue weighted by Crippen LogP contribution is -2.48. The fraction of sp³-hybridized carbons (Fsp3) is 0.400. The highest BCUT2D eigenvalue weighted by Gasteiger charge is 2.47. The van der Waals surface area contributed by atoms with E-state index in [-0.39, 0.29) is 13.0 Å². The van der Waals surface area contributed by atoms with Gasteiger partial charge in [0, 0.05) is 18.8 Å². The average molecular weight is 434 g/mol. The smallest absolute Gasteiger partial charge is 0.163 e. The zero-order valence-electron chi connectivity index (χ0n) is 16.1. The summed E-state index contributed by atoms with van der Waals surface area (Å²) in [6, 6.07) is 9.55. The topological polar surface area (TPSA) is 116 Å². The van der Waals surface area contributed by atoms with Crippen LogP contribution < -0.4 is 5.32 Å². The molecule has 1 fully saturated rings. The molecule has 154 valence electrons. The third-order valence-electron chi connectivity index (χ3n) is 5.40. The summed E-state index contributed by atoms with van der Waals surface area (Å²) in [5, 5.41) is 35.1. The first-order chi connectivity index (χ1) is 13.8. The normalized spacial score (nSPS) is 25.4. The molecule has 3 aromatic rings. The van der Waals surface area contributed by atoms with Gasteiger partial charge >= 0.3 is 0 Å². The van der Waals surface area contributed by atoms with Crippen molar-refractivity contribution in [1.82, 2.24) is 9.97 Å². The number of hydrogen-bond donors (Lipinski definition) is 4. The van der Waals surface area contributed by atoms with Crippen LogP contribution in [0.3, 0.4) is 0 Å². The fourth-order valence-corrected chi connectivity index (χ4v) is 5.40. The first-order valence-electron chi connectivity index (χ1n) is 9.33. The van der Waals surface area contributed by atoms with Crippen LogP contribution in [-0.4, -0.2) is 54.2 Å². The maximum atomic E-state index is 12.1. The van der Waals surface area contributed by atoms with Gasteiger partial charge in [0.05, 0.1) is 26.6 Å². The van der Waals surface area contributed by atoms with Crippen LogP contribution in [0.15, 0.2) is 35.4 Å². The standard InChI is InChI=1S/C20H23N3O4S2/c1-11-9-15(29(2)27)22-18(23-20(26)8-7-12(10-24)17(20)25)16(11)19-21-13-5-3-4-6-14(13)28-19/h3-6,9,12,17,24-26H,7-8,10H2,1-2H3,(H,22,23). The molecule has 2 heterocycles. The number of aromatic nitrogens is 2. The molecule has 9 heteroatoms. The molecular formula is C20H23N3O4S2. The van der Waals surface area contributed by atoms with E-state index in [0.717, 1.165) is 20.8 Å². The summed E-state index contributed by atoms with van der Waals surface area (Å²) < 4.78 is 13.1. The average Bonchev–Trinajstić information content (AvgIpc) is 3.22. The zero-order valence-corrected chi connectivity index (χ0v) is 17.8. The Morgan fingerprint density at radius 3 is 2.76 bits per heavy atom. The van der Waals surface area contributed by atoms with E-state index in [4.69, 9.17) is 4.98 Å². The molecule has 1 saturated carbocycles. The number of rotatable bonds is 5. The summed E-state index contributed by atoms with van der Waals surface area (Å²) in [5.41, 5.74) is 0.752. The maximum absolute atomic E-state index is 12.1. The molecule has 4 unspecified atom stereocenters. The van der Waals surface area contributed by atoms with Gasteiger partial charge in [0.25, 0.3) is 0 Å². The molecule has 0 bridgehead atoms. The quantitative estimate of drug-likeness (QED) is 0.456. The third kappa shape index (κ3) is 3.69. The first-order valence-corrected chi connectivity index (χ1v) is 11.7. The predicted molar refractivity (Wildman–Crippen MR) is 114 cm³/mol. The molecule has 1 aliphatic rings. The van der Waals surface area contributed by atoms with Gasteiger partial charge < -0.3 is 20.6 Å². The molecule has 1 aromatic carbocycles. The van der Waals surface area contributed by atoms with E-state index in [1.165, 1.54) is 11.3 Å². The van der Waals surface area contributed by atoms with E-state index < -0.39 is 28.5 Å². The van der Waals surface area contributed by atoms with Gasteiger partial charge in [-0.05, 0) is 43.5 Å². The van der Waals surface area contributed by atoms with Crippen LogP contribution in [0.25, 0.3) is 20.8 Å². The second-order valence-corrected chi connectivity index (χ2v) is 9.77. The molecule has 4 rings (SSSR count). The minimum Gasteiger partial charge on any atom is -0.396 e. The van der Waals surface area contributed by atoms with Crippen LogP contribution in [0.5, 0.6) is 0 Å². The van der Waals surface area contributed by atoms with Crippen LogP contribution in [0.1, 0.15) is 18.4 Å². The van der Waals surface area contributed by atoms with Crippen molar-refractivity contribution in [3.63, 3.8) is 0 Å². The van der Waals surface area contributed by atoms with E-state index >= 15 is 0 Å². The van der Waals surface area contributed by atoms with Crippen LogP contribution in [0.4, 0.5) is 5.82 Å². The SMILES string of the molecule is Cc1cc(S(C)=O)nc(NC2(O)CCC(CO)C2O)c1-c1nc2ccccc2s1. The molecule has 0 spiro atoms. The van der Waals surface area contributed by atoms with E-state index in [0.29, 0.717) is 22.8 Å². The van der Waals surface area contributed by atoms with Gasteiger partial charge in [-0.25, -0.2) is 9.97 Å². The molecule has 0 amide bonds. The monoisotopic (exact) mass is 433 g/mol. The van der Waals surface area contributed by atoms with E-state index in [9.17, 15) is 19.5 Å². The molecule has 4 N–H and O–H groups in total. The minimum atomic E-state index is -1.63. The third-order valence-corrected chi connectivity index (χ3v) is 7.25. The van der Waals surface area contributed by atoms with Crippen molar-refractivity contribution in [2.75, 3.05) is 18.2 Å². The van der Waals surface area contributed by atoms with Crippen molar-refractivity contribution >= 4 is 38.2 Å². The molecule has 0 saturated heterocycles. The second kappa shape index (κ2) is 7.73. The Labute approximate surface area is 174 Å². The Hall–Kier alpha value is -1.91. The minimum absolute atomic E-state index is 0.207.